The van der Waals surface area contributed by atoms with E-state index in [9.17, 15) is 9.59 Å². The largest absolute Gasteiger partial charge is 0.495 e. The van der Waals surface area contributed by atoms with Gasteiger partial charge >= 0.3 is 5.97 Å². The lowest BCUT2D eigenvalue weighted by Crippen LogP contribution is -2.17. The number of benzene rings is 1. The number of anilines is 1. The standard InChI is InChI=1S/C15H13ClN2O4/c1-8-5-12(13(22-2)6-11(8)16)18-14(19)9-3-4-17-7-10(9)15(20)21/h3-7H,1-2H3,(H,18,19)(H,20,21). The van der Waals surface area contributed by atoms with E-state index in [0.29, 0.717) is 16.5 Å². The normalized spacial score (nSPS) is 10.1. The lowest BCUT2D eigenvalue weighted by Gasteiger charge is -2.13. The Morgan fingerprint density at radius 3 is 2.68 bits per heavy atom. The molecule has 0 saturated heterocycles. The monoisotopic (exact) mass is 320 g/mol. The van der Waals surface area contributed by atoms with Crippen LogP contribution in [0.4, 0.5) is 5.69 Å². The summed E-state index contributed by atoms with van der Waals surface area (Å²) >= 11 is 6.01. The number of hydrogen-bond acceptors (Lipinski definition) is 4. The quantitative estimate of drug-likeness (QED) is 0.904. The molecule has 0 aliphatic carbocycles. The first-order valence-electron chi connectivity index (χ1n) is 6.26. The summed E-state index contributed by atoms with van der Waals surface area (Å²) in [7, 11) is 1.45. The number of carbonyl (C=O) groups is 2. The molecule has 1 amide bonds. The summed E-state index contributed by atoms with van der Waals surface area (Å²) in [6.45, 7) is 1.78. The summed E-state index contributed by atoms with van der Waals surface area (Å²) in [5.74, 6) is -1.41. The molecule has 0 spiro atoms. The fourth-order valence-corrected chi connectivity index (χ4v) is 2.04. The molecule has 1 aromatic heterocycles. The van der Waals surface area contributed by atoms with E-state index in [1.54, 1.807) is 19.1 Å². The first-order valence-corrected chi connectivity index (χ1v) is 6.64. The van der Waals surface area contributed by atoms with Crippen LogP contribution in [0.2, 0.25) is 5.02 Å². The molecule has 0 bridgehead atoms. The molecule has 22 heavy (non-hydrogen) atoms. The molecule has 2 rings (SSSR count). The van der Waals surface area contributed by atoms with E-state index in [1.165, 1.54) is 19.4 Å². The van der Waals surface area contributed by atoms with Crippen molar-refractivity contribution in [3.8, 4) is 5.75 Å². The zero-order valence-electron chi connectivity index (χ0n) is 11.9. The summed E-state index contributed by atoms with van der Waals surface area (Å²) < 4.78 is 5.17. The SMILES string of the molecule is COc1cc(Cl)c(C)cc1NC(=O)c1ccncc1C(=O)O. The van der Waals surface area contributed by atoms with Gasteiger partial charge in [-0.3, -0.25) is 9.78 Å². The summed E-state index contributed by atoms with van der Waals surface area (Å²) in [5, 5.41) is 12.2. The molecule has 0 unspecified atom stereocenters. The second-order valence-corrected chi connectivity index (χ2v) is 4.89. The van der Waals surface area contributed by atoms with E-state index < -0.39 is 11.9 Å². The Morgan fingerprint density at radius 2 is 2.05 bits per heavy atom. The van der Waals surface area contributed by atoms with E-state index >= 15 is 0 Å². The minimum absolute atomic E-state index is 0.0113. The number of aryl methyl sites for hydroxylation is 1. The highest BCUT2D eigenvalue weighted by molar-refractivity contribution is 6.31. The Labute approximate surface area is 131 Å². The van der Waals surface area contributed by atoms with Crippen LogP contribution in [0.15, 0.2) is 30.6 Å². The number of ether oxygens (including phenoxy) is 1. The highest BCUT2D eigenvalue weighted by atomic mass is 35.5. The second-order valence-electron chi connectivity index (χ2n) is 4.48. The Morgan fingerprint density at radius 1 is 1.32 bits per heavy atom. The first-order chi connectivity index (χ1) is 10.4. The van der Waals surface area contributed by atoms with Crippen molar-refractivity contribution in [3.05, 3.63) is 52.3 Å². The number of nitrogens with zero attached hydrogens (tertiary/aromatic N) is 1. The molecular weight excluding hydrogens is 308 g/mol. The zero-order valence-corrected chi connectivity index (χ0v) is 12.6. The summed E-state index contributed by atoms with van der Waals surface area (Å²) in [4.78, 5) is 27.2. The fraction of sp³-hybridized carbons (Fsp3) is 0.133. The number of carbonyl (C=O) groups excluding carboxylic acids is 1. The molecule has 2 aromatic rings. The van der Waals surface area contributed by atoms with Crippen molar-refractivity contribution in [2.45, 2.75) is 6.92 Å². The maximum atomic E-state index is 12.3. The van der Waals surface area contributed by atoms with Gasteiger partial charge in [-0.1, -0.05) is 11.6 Å². The third kappa shape index (κ3) is 3.17. The van der Waals surface area contributed by atoms with Gasteiger partial charge in [0.1, 0.15) is 5.75 Å². The predicted octanol–water partition coefficient (Wildman–Crippen LogP) is 3.00. The number of amides is 1. The van der Waals surface area contributed by atoms with Gasteiger partial charge in [0, 0.05) is 23.5 Å². The molecule has 6 nitrogen and oxygen atoms in total. The molecule has 1 heterocycles. The molecule has 114 valence electrons. The van der Waals surface area contributed by atoms with E-state index in [4.69, 9.17) is 21.4 Å². The van der Waals surface area contributed by atoms with E-state index in [0.717, 1.165) is 11.8 Å². The first kappa shape index (κ1) is 15.8. The highest BCUT2D eigenvalue weighted by Crippen LogP contribution is 2.31. The third-order valence-corrected chi connectivity index (χ3v) is 3.43. The van der Waals surface area contributed by atoms with Crippen molar-refractivity contribution in [2.75, 3.05) is 12.4 Å². The van der Waals surface area contributed by atoms with Gasteiger partial charge in [-0.2, -0.15) is 0 Å². The van der Waals surface area contributed by atoms with Gasteiger partial charge in [0.15, 0.2) is 0 Å². The van der Waals surface area contributed by atoms with Gasteiger partial charge in [-0.05, 0) is 24.6 Å². The van der Waals surface area contributed by atoms with Crippen LogP contribution in [0.1, 0.15) is 26.3 Å². The number of methoxy groups -OCH3 is 1. The Hall–Kier alpha value is -2.60. The summed E-state index contributed by atoms with van der Waals surface area (Å²) in [6.07, 6.45) is 2.48. The predicted molar refractivity (Wildman–Crippen MR) is 81.9 cm³/mol. The van der Waals surface area contributed by atoms with E-state index in [2.05, 4.69) is 10.3 Å². The molecule has 7 heteroatoms. The minimum Gasteiger partial charge on any atom is -0.495 e. The number of nitrogens with one attached hydrogen (secondary N) is 1. The molecule has 1 aromatic carbocycles. The molecule has 0 fully saturated rings. The van der Waals surface area contributed by atoms with Crippen molar-refractivity contribution in [2.24, 2.45) is 0 Å². The maximum Gasteiger partial charge on any atom is 0.338 e. The number of pyridine rings is 1. The molecular formula is C15H13ClN2O4. The number of aromatic carboxylic acids is 1. The third-order valence-electron chi connectivity index (χ3n) is 3.03. The Kier molecular flexibility index (Phi) is 4.62. The lowest BCUT2D eigenvalue weighted by molar-refractivity contribution is 0.0692. The molecule has 0 atom stereocenters. The number of carboxylic acids is 1. The van der Waals surface area contributed by atoms with Crippen molar-refractivity contribution < 1.29 is 19.4 Å². The minimum atomic E-state index is -1.22. The van der Waals surface area contributed by atoms with Crippen LogP contribution in [-0.2, 0) is 0 Å². The van der Waals surface area contributed by atoms with Crippen LogP contribution in [-0.4, -0.2) is 29.1 Å². The Balaban J connectivity index is 2.38. The number of hydrogen-bond donors (Lipinski definition) is 2. The van der Waals surface area contributed by atoms with Crippen molar-refractivity contribution >= 4 is 29.2 Å². The van der Waals surface area contributed by atoms with Crippen molar-refractivity contribution in [1.29, 1.82) is 0 Å². The van der Waals surface area contributed by atoms with Gasteiger partial charge in [-0.15, -0.1) is 0 Å². The fourth-order valence-electron chi connectivity index (χ4n) is 1.88. The molecule has 0 aliphatic rings. The number of aromatic nitrogens is 1. The van der Waals surface area contributed by atoms with Gasteiger partial charge < -0.3 is 15.2 Å². The number of carboxylic acid groups (broad SMARTS) is 1. The Bertz CT molecular complexity index is 746. The van der Waals surface area contributed by atoms with Gasteiger partial charge in [0.2, 0.25) is 0 Å². The molecule has 2 N–H and O–H groups in total. The number of halogens is 1. The summed E-state index contributed by atoms with van der Waals surface area (Å²) in [5.41, 5.74) is 0.996. The zero-order chi connectivity index (χ0) is 16.3. The van der Waals surface area contributed by atoms with Gasteiger partial charge in [0.25, 0.3) is 5.91 Å². The van der Waals surface area contributed by atoms with Crippen LogP contribution in [0, 0.1) is 6.92 Å². The highest BCUT2D eigenvalue weighted by Gasteiger charge is 2.18. The lowest BCUT2D eigenvalue weighted by atomic mass is 10.1. The second kappa shape index (κ2) is 6.44. The van der Waals surface area contributed by atoms with Crippen LogP contribution >= 0.6 is 11.6 Å². The average molecular weight is 321 g/mol. The van der Waals surface area contributed by atoms with Gasteiger partial charge in [-0.25, -0.2) is 4.79 Å². The van der Waals surface area contributed by atoms with E-state index in [-0.39, 0.29) is 11.1 Å². The average Bonchev–Trinajstić information content (AvgIpc) is 2.50. The number of rotatable bonds is 4. The van der Waals surface area contributed by atoms with Crippen LogP contribution in [0.5, 0.6) is 5.75 Å². The van der Waals surface area contributed by atoms with Gasteiger partial charge in [0.05, 0.1) is 23.9 Å². The topological polar surface area (TPSA) is 88.5 Å². The maximum absolute atomic E-state index is 12.3. The van der Waals surface area contributed by atoms with E-state index in [1.807, 2.05) is 0 Å². The van der Waals surface area contributed by atoms with Crippen molar-refractivity contribution in [1.82, 2.24) is 4.98 Å². The van der Waals surface area contributed by atoms with Crippen LogP contribution < -0.4 is 10.1 Å². The smallest absolute Gasteiger partial charge is 0.338 e. The van der Waals surface area contributed by atoms with Crippen LogP contribution in [0.3, 0.4) is 0 Å². The summed E-state index contributed by atoms with van der Waals surface area (Å²) in [6, 6.07) is 4.58. The van der Waals surface area contributed by atoms with Crippen LogP contribution in [0.25, 0.3) is 0 Å². The molecule has 0 saturated carbocycles. The molecule has 0 radical (unpaired) electrons. The van der Waals surface area contributed by atoms with Crippen molar-refractivity contribution in [3.63, 3.8) is 0 Å². The molecule has 0 aliphatic heterocycles.